The van der Waals surface area contributed by atoms with Gasteiger partial charge in [-0.05, 0) is 41.7 Å². The summed E-state index contributed by atoms with van der Waals surface area (Å²) < 4.78 is 0. The maximum atomic E-state index is 12.5. The molecule has 0 aliphatic rings. The maximum Gasteiger partial charge on any atom is 0.319 e. The summed E-state index contributed by atoms with van der Waals surface area (Å²) in [5.74, 6) is -0.315. The predicted molar refractivity (Wildman–Crippen MR) is 108 cm³/mol. The largest absolute Gasteiger partial charge is 0.355 e. The first kappa shape index (κ1) is 20.7. The number of carbonyl (C=O) groups is 2. The van der Waals surface area contributed by atoms with Gasteiger partial charge < -0.3 is 16.0 Å². The van der Waals surface area contributed by atoms with Gasteiger partial charge in [-0.2, -0.15) is 0 Å². The zero-order chi connectivity index (χ0) is 20.0. The Bertz CT molecular complexity index is 803. The third-order valence-corrected chi connectivity index (χ3v) is 4.23. The van der Waals surface area contributed by atoms with Gasteiger partial charge in [-0.15, -0.1) is 0 Å². The van der Waals surface area contributed by atoms with Crippen molar-refractivity contribution in [2.75, 3.05) is 12.4 Å². The molecule has 1 aromatic heterocycles. The molecule has 27 heavy (non-hydrogen) atoms. The first-order valence-corrected chi connectivity index (χ1v) is 9.06. The molecule has 0 spiro atoms. The molecule has 0 aliphatic carbocycles. The number of pyridine rings is 1. The molecular formula is C20H25ClN4O2. The van der Waals surface area contributed by atoms with E-state index in [-0.39, 0.29) is 23.4 Å². The van der Waals surface area contributed by atoms with E-state index < -0.39 is 0 Å². The second-order valence-corrected chi connectivity index (χ2v) is 7.88. The molecule has 0 saturated carbocycles. The third-order valence-electron chi connectivity index (χ3n) is 3.90. The fourth-order valence-corrected chi connectivity index (χ4v) is 2.89. The summed E-state index contributed by atoms with van der Waals surface area (Å²) >= 11 is 6.05. The van der Waals surface area contributed by atoms with E-state index in [1.54, 1.807) is 30.6 Å². The second-order valence-electron chi connectivity index (χ2n) is 7.48. The van der Waals surface area contributed by atoms with Gasteiger partial charge in [-0.25, -0.2) is 4.79 Å². The van der Waals surface area contributed by atoms with Crippen molar-refractivity contribution in [1.29, 1.82) is 0 Å². The van der Waals surface area contributed by atoms with Crippen LogP contribution < -0.4 is 16.0 Å². The minimum atomic E-state index is -0.363. The number of anilines is 1. The number of benzene rings is 1. The average Bonchev–Trinajstić information content (AvgIpc) is 2.61. The lowest BCUT2D eigenvalue weighted by Gasteiger charge is -2.27. The number of nitrogens with zero attached hydrogens (tertiary/aromatic N) is 1. The summed E-state index contributed by atoms with van der Waals surface area (Å²) in [5, 5.41) is 8.60. The molecule has 3 amide bonds. The average molecular weight is 389 g/mol. The Balaban J connectivity index is 2.15. The van der Waals surface area contributed by atoms with Crippen LogP contribution in [0.4, 0.5) is 10.5 Å². The van der Waals surface area contributed by atoms with Crippen molar-refractivity contribution >= 4 is 29.2 Å². The van der Waals surface area contributed by atoms with E-state index in [2.05, 4.69) is 41.7 Å². The van der Waals surface area contributed by atoms with E-state index in [1.807, 2.05) is 12.1 Å². The normalized spacial score (nSPS) is 12.2. The monoisotopic (exact) mass is 388 g/mol. The highest BCUT2D eigenvalue weighted by molar-refractivity contribution is 6.34. The van der Waals surface area contributed by atoms with Gasteiger partial charge in [0.05, 0.1) is 16.6 Å². The molecule has 2 rings (SSSR count). The van der Waals surface area contributed by atoms with Crippen LogP contribution in [0.5, 0.6) is 0 Å². The molecular weight excluding hydrogens is 364 g/mol. The van der Waals surface area contributed by atoms with Gasteiger partial charge in [0.2, 0.25) is 0 Å². The molecule has 1 atom stereocenters. The Morgan fingerprint density at radius 1 is 1.22 bits per heavy atom. The van der Waals surface area contributed by atoms with Crippen molar-refractivity contribution in [3.8, 4) is 0 Å². The Hall–Kier alpha value is -2.60. The quantitative estimate of drug-likeness (QED) is 0.710. The number of halogens is 1. The number of hydrogen-bond acceptors (Lipinski definition) is 3. The lowest BCUT2D eigenvalue weighted by Crippen LogP contribution is -2.34. The molecule has 0 fully saturated rings. The van der Waals surface area contributed by atoms with Gasteiger partial charge in [0, 0.05) is 25.1 Å². The van der Waals surface area contributed by atoms with Gasteiger partial charge in [0.25, 0.3) is 5.91 Å². The molecule has 1 heterocycles. The van der Waals surface area contributed by atoms with Crippen LogP contribution in [-0.2, 0) is 0 Å². The van der Waals surface area contributed by atoms with E-state index in [0.717, 1.165) is 12.0 Å². The Kier molecular flexibility index (Phi) is 6.80. The highest BCUT2D eigenvalue weighted by atomic mass is 35.5. The molecule has 1 unspecified atom stereocenters. The topological polar surface area (TPSA) is 83.1 Å². The van der Waals surface area contributed by atoms with E-state index >= 15 is 0 Å². The molecule has 0 radical (unpaired) electrons. The maximum absolute atomic E-state index is 12.5. The van der Waals surface area contributed by atoms with Crippen molar-refractivity contribution in [3.05, 3.63) is 58.9 Å². The minimum absolute atomic E-state index is 0.0143. The summed E-state index contributed by atoms with van der Waals surface area (Å²) in [4.78, 5) is 28.5. The van der Waals surface area contributed by atoms with Crippen LogP contribution in [0.3, 0.4) is 0 Å². The van der Waals surface area contributed by atoms with Crippen molar-refractivity contribution < 1.29 is 9.59 Å². The fourth-order valence-electron chi connectivity index (χ4n) is 2.68. The van der Waals surface area contributed by atoms with Crippen LogP contribution in [0.25, 0.3) is 0 Å². The Morgan fingerprint density at radius 2 is 1.96 bits per heavy atom. The molecule has 0 aliphatic heterocycles. The molecule has 3 N–H and O–H groups in total. The number of amides is 3. The van der Waals surface area contributed by atoms with Gasteiger partial charge in [-0.3, -0.25) is 9.78 Å². The summed E-state index contributed by atoms with van der Waals surface area (Å²) in [6.07, 6.45) is 4.20. The zero-order valence-corrected chi connectivity index (χ0v) is 16.7. The lowest BCUT2D eigenvalue weighted by molar-refractivity contribution is 0.0963. The molecule has 144 valence electrons. The van der Waals surface area contributed by atoms with Crippen LogP contribution >= 0.6 is 11.6 Å². The highest BCUT2D eigenvalue weighted by Gasteiger charge is 2.22. The number of aromatic nitrogens is 1. The standard InChI is InChI=1S/C20H25ClN4O2/c1-20(2,3)11-17(13-6-5-9-23-12-13)25-19(27)24-14-7-8-16(21)15(10-14)18(26)22-4/h5-10,12,17H,11H2,1-4H3,(H,22,26)(H2,24,25,27). The van der Waals surface area contributed by atoms with E-state index in [1.165, 1.54) is 7.05 Å². The highest BCUT2D eigenvalue weighted by Crippen LogP contribution is 2.29. The van der Waals surface area contributed by atoms with Crippen LogP contribution in [0.2, 0.25) is 5.02 Å². The Labute approximate surface area is 164 Å². The number of rotatable bonds is 5. The second kappa shape index (κ2) is 8.86. The van der Waals surface area contributed by atoms with Gasteiger partial charge in [-0.1, -0.05) is 38.4 Å². The summed E-state index contributed by atoms with van der Waals surface area (Å²) in [6, 6.07) is 8.01. The molecule has 6 nitrogen and oxygen atoms in total. The SMILES string of the molecule is CNC(=O)c1cc(NC(=O)NC(CC(C)(C)C)c2cccnc2)ccc1Cl. The smallest absolute Gasteiger partial charge is 0.319 e. The Morgan fingerprint density at radius 3 is 2.56 bits per heavy atom. The number of nitrogens with one attached hydrogen (secondary N) is 3. The summed E-state index contributed by atoms with van der Waals surface area (Å²) in [7, 11) is 1.52. The number of urea groups is 1. The van der Waals surface area contributed by atoms with Crippen molar-refractivity contribution in [3.63, 3.8) is 0 Å². The third kappa shape index (κ3) is 6.25. The molecule has 1 aromatic carbocycles. The first-order chi connectivity index (χ1) is 12.7. The van der Waals surface area contributed by atoms with Gasteiger partial charge in [0.15, 0.2) is 0 Å². The summed E-state index contributed by atoms with van der Waals surface area (Å²) in [5.41, 5.74) is 1.73. The van der Waals surface area contributed by atoms with Gasteiger partial charge in [0.1, 0.15) is 0 Å². The van der Waals surface area contributed by atoms with E-state index in [0.29, 0.717) is 16.3 Å². The first-order valence-electron chi connectivity index (χ1n) is 8.68. The van der Waals surface area contributed by atoms with Crippen molar-refractivity contribution in [2.24, 2.45) is 5.41 Å². The number of hydrogen-bond donors (Lipinski definition) is 3. The molecule has 0 bridgehead atoms. The van der Waals surface area contributed by atoms with E-state index in [9.17, 15) is 9.59 Å². The molecule has 7 heteroatoms. The lowest BCUT2D eigenvalue weighted by atomic mass is 9.86. The minimum Gasteiger partial charge on any atom is -0.355 e. The summed E-state index contributed by atoms with van der Waals surface area (Å²) in [6.45, 7) is 6.35. The van der Waals surface area contributed by atoms with Crippen LogP contribution in [0.15, 0.2) is 42.7 Å². The van der Waals surface area contributed by atoms with Crippen molar-refractivity contribution in [2.45, 2.75) is 33.2 Å². The zero-order valence-electron chi connectivity index (χ0n) is 16.0. The van der Waals surface area contributed by atoms with Crippen LogP contribution in [0.1, 0.15) is 49.2 Å². The fraction of sp³-hybridized carbons (Fsp3) is 0.350. The predicted octanol–water partition coefficient (Wildman–Crippen LogP) is 4.39. The molecule has 0 saturated heterocycles. The van der Waals surface area contributed by atoms with E-state index in [4.69, 9.17) is 11.6 Å². The number of carbonyl (C=O) groups excluding carboxylic acids is 2. The van der Waals surface area contributed by atoms with Crippen LogP contribution in [-0.4, -0.2) is 24.0 Å². The van der Waals surface area contributed by atoms with Gasteiger partial charge >= 0.3 is 6.03 Å². The van der Waals surface area contributed by atoms with Crippen LogP contribution in [0, 0.1) is 5.41 Å². The molecule has 2 aromatic rings. The van der Waals surface area contributed by atoms with Crippen molar-refractivity contribution in [1.82, 2.24) is 15.6 Å².